The molecule has 2 atom stereocenters. The Morgan fingerprint density at radius 1 is 1.02 bits per heavy atom. The smallest absolute Gasteiger partial charge is 0.220 e. The van der Waals surface area contributed by atoms with Gasteiger partial charge >= 0.3 is 0 Å². The van der Waals surface area contributed by atoms with E-state index in [1.807, 2.05) is 19.1 Å². The molecule has 0 bridgehead atoms. The van der Waals surface area contributed by atoms with Gasteiger partial charge in [-0.2, -0.15) is 0 Å². The first-order valence-corrected chi connectivity index (χ1v) is 19.2. The predicted molar refractivity (Wildman–Crippen MR) is 203 cm³/mol. The molecule has 3 aromatic carbocycles. The Morgan fingerprint density at radius 3 is 2.54 bits per heavy atom. The number of nitrogens with one attached hydrogen (secondary N) is 1. The summed E-state index contributed by atoms with van der Waals surface area (Å²) in [6, 6.07) is 17.4. The van der Waals surface area contributed by atoms with Crippen LogP contribution in [0.15, 0.2) is 48.5 Å². The first-order chi connectivity index (χ1) is 24.0. The SMILES string of the molecule is CCOc1cc(O[C@H]2CCc3c(-c4cccc(OCCCN5CCCC5(C)C)c4C)cccc32)c(Cl)cc1CN(C[C@H]1CCC(=O)N1)C(C)C. The average molecular weight is 702 g/mol. The molecule has 50 heavy (non-hydrogen) atoms. The average Bonchev–Trinajstić information content (AvgIpc) is 3.79. The molecular formula is C42H56ClN3O4. The van der Waals surface area contributed by atoms with E-state index in [9.17, 15) is 4.79 Å². The third-order valence-corrected chi connectivity index (χ3v) is 11.3. The fraction of sp³-hybridized carbons (Fsp3) is 0.548. The van der Waals surface area contributed by atoms with E-state index in [0.29, 0.717) is 41.9 Å². The van der Waals surface area contributed by atoms with Crippen molar-refractivity contribution in [2.24, 2.45) is 0 Å². The maximum absolute atomic E-state index is 11.8. The highest BCUT2D eigenvalue weighted by molar-refractivity contribution is 6.32. The van der Waals surface area contributed by atoms with Gasteiger partial charge in [0, 0.05) is 55.3 Å². The van der Waals surface area contributed by atoms with Crippen LogP contribution in [0.4, 0.5) is 0 Å². The van der Waals surface area contributed by atoms with Crippen molar-refractivity contribution in [1.82, 2.24) is 15.1 Å². The Hall–Kier alpha value is -3.26. The van der Waals surface area contributed by atoms with Crippen LogP contribution in [0.3, 0.4) is 0 Å². The van der Waals surface area contributed by atoms with Crippen LogP contribution < -0.4 is 19.5 Å². The highest BCUT2D eigenvalue weighted by Crippen LogP contribution is 2.44. The fourth-order valence-electron chi connectivity index (χ4n) is 8.08. The highest BCUT2D eigenvalue weighted by Gasteiger charge is 2.32. The summed E-state index contributed by atoms with van der Waals surface area (Å²) in [5.74, 6) is 2.53. The third kappa shape index (κ3) is 8.27. The van der Waals surface area contributed by atoms with Crippen molar-refractivity contribution < 1.29 is 19.0 Å². The van der Waals surface area contributed by atoms with E-state index in [-0.39, 0.29) is 18.1 Å². The number of carbonyl (C=O) groups is 1. The number of halogens is 1. The number of nitrogens with zero attached hydrogens (tertiary/aromatic N) is 2. The Bertz CT molecular complexity index is 1660. The molecular weight excluding hydrogens is 646 g/mol. The number of hydrogen-bond donors (Lipinski definition) is 1. The van der Waals surface area contributed by atoms with Gasteiger partial charge in [0.05, 0.1) is 18.2 Å². The summed E-state index contributed by atoms with van der Waals surface area (Å²) in [6.45, 7) is 18.3. The van der Waals surface area contributed by atoms with Gasteiger partial charge in [0.1, 0.15) is 23.4 Å². The van der Waals surface area contributed by atoms with Gasteiger partial charge in [-0.3, -0.25) is 14.6 Å². The van der Waals surface area contributed by atoms with E-state index in [1.54, 1.807) is 0 Å². The number of ether oxygens (including phenoxy) is 3. The second kappa shape index (κ2) is 16.0. The topological polar surface area (TPSA) is 63.3 Å². The van der Waals surface area contributed by atoms with Crippen molar-refractivity contribution in [3.63, 3.8) is 0 Å². The second-order valence-electron chi connectivity index (χ2n) is 15.2. The number of carbonyl (C=O) groups excluding carboxylic acids is 1. The summed E-state index contributed by atoms with van der Waals surface area (Å²) in [7, 11) is 0. The molecule has 1 amide bonds. The van der Waals surface area contributed by atoms with Crippen LogP contribution >= 0.6 is 11.6 Å². The molecule has 0 aromatic heterocycles. The minimum Gasteiger partial charge on any atom is -0.493 e. The molecule has 0 radical (unpaired) electrons. The van der Waals surface area contributed by atoms with Crippen LogP contribution in [-0.4, -0.2) is 66.2 Å². The Balaban J connectivity index is 1.16. The Kier molecular flexibility index (Phi) is 11.7. The van der Waals surface area contributed by atoms with Gasteiger partial charge < -0.3 is 19.5 Å². The molecule has 1 N–H and O–H groups in total. The van der Waals surface area contributed by atoms with Gasteiger partial charge in [-0.25, -0.2) is 0 Å². The van der Waals surface area contributed by atoms with Crippen LogP contribution in [0.1, 0.15) is 102 Å². The van der Waals surface area contributed by atoms with Gasteiger partial charge in [-0.15, -0.1) is 0 Å². The maximum Gasteiger partial charge on any atom is 0.220 e. The quantitative estimate of drug-likeness (QED) is 0.160. The zero-order valence-electron chi connectivity index (χ0n) is 30.9. The Labute approximate surface area is 304 Å². The lowest BCUT2D eigenvalue weighted by Crippen LogP contribution is -2.41. The van der Waals surface area contributed by atoms with Gasteiger partial charge in [-0.05, 0) is 127 Å². The second-order valence-corrected chi connectivity index (χ2v) is 15.6. The largest absolute Gasteiger partial charge is 0.493 e. The van der Waals surface area contributed by atoms with Crippen molar-refractivity contribution in [3.05, 3.63) is 75.8 Å². The normalized spacial score (nSPS) is 20.1. The summed E-state index contributed by atoms with van der Waals surface area (Å²) in [5.41, 5.74) is 7.51. The molecule has 2 aliphatic heterocycles. The fourth-order valence-corrected chi connectivity index (χ4v) is 8.31. The molecule has 1 aliphatic carbocycles. The number of likely N-dealkylation sites (tertiary alicyclic amines) is 1. The minimum atomic E-state index is -0.101. The van der Waals surface area contributed by atoms with Gasteiger partial charge in [0.25, 0.3) is 0 Å². The summed E-state index contributed by atoms with van der Waals surface area (Å²) in [5, 5.41) is 3.69. The van der Waals surface area contributed by atoms with E-state index in [0.717, 1.165) is 62.4 Å². The van der Waals surface area contributed by atoms with E-state index in [2.05, 4.69) is 86.1 Å². The standard InChI is InChI=1S/C42H56ClN3O4/c1-7-48-39-25-40(36(43)24-30(39)26-45(28(2)3)27-31-16-19-41(47)44-31)50-38-18-17-34-33(13-8-14-35(34)38)32-12-9-15-37(29(32)4)49-23-11-22-46-21-10-20-42(46,5)6/h8-9,12-15,24-25,28,31,38H,7,10-11,16-23,26-27H2,1-6H3,(H,44,47)/t31-,38+/m1/s1. The van der Waals surface area contributed by atoms with Crippen LogP contribution in [0.5, 0.6) is 17.2 Å². The zero-order valence-corrected chi connectivity index (χ0v) is 31.7. The summed E-state index contributed by atoms with van der Waals surface area (Å²) < 4.78 is 19.2. The number of amides is 1. The number of hydrogen-bond acceptors (Lipinski definition) is 6. The number of benzene rings is 3. The lowest BCUT2D eigenvalue weighted by atomic mass is 9.93. The van der Waals surface area contributed by atoms with Crippen LogP contribution in [-0.2, 0) is 17.8 Å². The number of fused-ring (bicyclic) bond motifs is 1. The molecule has 0 unspecified atom stereocenters. The van der Waals surface area contributed by atoms with Crippen LogP contribution in [0.2, 0.25) is 5.02 Å². The van der Waals surface area contributed by atoms with E-state index in [4.69, 9.17) is 25.8 Å². The summed E-state index contributed by atoms with van der Waals surface area (Å²) in [6.07, 6.45) is 6.77. The highest BCUT2D eigenvalue weighted by atomic mass is 35.5. The monoisotopic (exact) mass is 701 g/mol. The molecule has 0 spiro atoms. The molecule has 2 fully saturated rings. The molecule has 0 saturated carbocycles. The third-order valence-electron chi connectivity index (χ3n) is 11.0. The van der Waals surface area contributed by atoms with Crippen molar-refractivity contribution >= 4 is 17.5 Å². The molecule has 270 valence electrons. The van der Waals surface area contributed by atoms with Gasteiger partial charge in [0.15, 0.2) is 0 Å². The van der Waals surface area contributed by atoms with Crippen LogP contribution in [0.25, 0.3) is 11.1 Å². The molecule has 7 nitrogen and oxygen atoms in total. The van der Waals surface area contributed by atoms with Crippen molar-refractivity contribution in [1.29, 1.82) is 0 Å². The Morgan fingerprint density at radius 2 is 1.82 bits per heavy atom. The van der Waals surface area contributed by atoms with E-state index >= 15 is 0 Å². The van der Waals surface area contributed by atoms with E-state index in [1.165, 1.54) is 47.2 Å². The van der Waals surface area contributed by atoms with Crippen molar-refractivity contribution in [2.45, 2.75) is 117 Å². The molecule has 6 rings (SSSR count). The van der Waals surface area contributed by atoms with E-state index < -0.39 is 0 Å². The molecule has 8 heteroatoms. The molecule has 3 aromatic rings. The first-order valence-electron chi connectivity index (χ1n) is 18.8. The lowest BCUT2D eigenvalue weighted by molar-refractivity contribution is -0.119. The summed E-state index contributed by atoms with van der Waals surface area (Å²) in [4.78, 5) is 16.8. The maximum atomic E-state index is 11.8. The van der Waals surface area contributed by atoms with Crippen molar-refractivity contribution in [3.8, 4) is 28.4 Å². The lowest BCUT2D eigenvalue weighted by Gasteiger charge is -2.31. The molecule has 3 aliphatic rings. The van der Waals surface area contributed by atoms with Gasteiger partial charge in [-0.1, -0.05) is 41.9 Å². The van der Waals surface area contributed by atoms with Crippen LogP contribution in [0, 0.1) is 6.92 Å². The first kappa shape index (κ1) is 36.5. The minimum absolute atomic E-state index is 0.101. The predicted octanol–water partition coefficient (Wildman–Crippen LogP) is 8.91. The number of rotatable bonds is 15. The zero-order chi connectivity index (χ0) is 35.4. The molecule has 2 saturated heterocycles. The van der Waals surface area contributed by atoms with Gasteiger partial charge in [0.2, 0.25) is 5.91 Å². The summed E-state index contributed by atoms with van der Waals surface area (Å²) >= 11 is 6.96. The van der Waals surface area contributed by atoms with Crippen molar-refractivity contribution in [2.75, 3.05) is 32.8 Å². The molecule has 2 heterocycles.